The van der Waals surface area contributed by atoms with E-state index >= 15 is 0 Å². The summed E-state index contributed by atoms with van der Waals surface area (Å²) in [5.41, 5.74) is -4.60. The SMILES string of the molecule is CCCN(CCC)c1c([N+](=O)[O-])c(F)c(CF)c(F)c1[N+](=O)[O-]. The molecule has 0 radical (unpaired) electrons. The van der Waals surface area contributed by atoms with Gasteiger partial charge in [-0.3, -0.25) is 20.2 Å². The number of hydrogen-bond acceptors (Lipinski definition) is 5. The van der Waals surface area contributed by atoms with Gasteiger partial charge in [-0.1, -0.05) is 13.8 Å². The number of nitro groups is 2. The fourth-order valence-electron chi connectivity index (χ4n) is 2.33. The summed E-state index contributed by atoms with van der Waals surface area (Å²) >= 11 is 0. The summed E-state index contributed by atoms with van der Waals surface area (Å²) in [5, 5.41) is 22.4. The average molecular weight is 335 g/mol. The van der Waals surface area contributed by atoms with Crippen molar-refractivity contribution in [2.24, 2.45) is 0 Å². The zero-order valence-electron chi connectivity index (χ0n) is 12.6. The van der Waals surface area contributed by atoms with Crippen LogP contribution in [0, 0.1) is 31.9 Å². The number of alkyl halides is 1. The Labute approximate surface area is 130 Å². The van der Waals surface area contributed by atoms with Crippen molar-refractivity contribution in [1.29, 1.82) is 0 Å². The van der Waals surface area contributed by atoms with E-state index < -0.39 is 50.8 Å². The van der Waals surface area contributed by atoms with Crippen LogP contribution in [0.1, 0.15) is 32.3 Å². The van der Waals surface area contributed by atoms with Crippen LogP contribution in [0.2, 0.25) is 0 Å². The zero-order chi connectivity index (χ0) is 17.7. The standard InChI is InChI=1S/C13H16F3N3O4/c1-3-5-17(6-4-2)13-11(18(20)21)9(15)8(7-14)10(16)12(13)19(22)23/h3-7H2,1-2H3. The second-order valence-corrected chi connectivity index (χ2v) is 4.79. The molecular weight excluding hydrogens is 319 g/mol. The lowest BCUT2D eigenvalue weighted by atomic mass is 10.1. The van der Waals surface area contributed by atoms with Crippen molar-refractivity contribution in [2.45, 2.75) is 33.4 Å². The Kier molecular flexibility index (Phi) is 6.28. The molecule has 0 saturated carbocycles. The summed E-state index contributed by atoms with van der Waals surface area (Å²) in [6.07, 6.45) is 0.894. The number of benzene rings is 1. The van der Waals surface area contributed by atoms with Gasteiger partial charge in [-0.15, -0.1) is 0 Å². The minimum Gasteiger partial charge on any atom is -0.360 e. The second-order valence-electron chi connectivity index (χ2n) is 4.79. The van der Waals surface area contributed by atoms with Crippen LogP contribution in [0.3, 0.4) is 0 Å². The van der Waals surface area contributed by atoms with Gasteiger partial charge in [0.15, 0.2) is 0 Å². The third-order valence-corrected chi connectivity index (χ3v) is 3.20. The average Bonchev–Trinajstić information content (AvgIpc) is 2.45. The highest BCUT2D eigenvalue weighted by molar-refractivity contribution is 5.77. The monoisotopic (exact) mass is 335 g/mol. The maximum absolute atomic E-state index is 14.2. The molecule has 0 aliphatic rings. The molecule has 0 spiro atoms. The van der Waals surface area contributed by atoms with Crippen LogP contribution in [-0.2, 0) is 6.67 Å². The third kappa shape index (κ3) is 3.51. The number of rotatable bonds is 8. The summed E-state index contributed by atoms with van der Waals surface area (Å²) in [4.78, 5) is 21.2. The van der Waals surface area contributed by atoms with E-state index in [0.717, 1.165) is 0 Å². The number of halogens is 3. The molecule has 0 N–H and O–H groups in total. The molecule has 0 unspecified atom stereocenters. The van der Waals surface area contributed by atoms with Crippen molar-refractivity contribution >= 4 is 17.1 Å². The first-order chi connectivity index (χ1) is 10.8. The van der Waals surface area contributed by atoms with E-state index in [4.69, 9.17) is 0 Å². The van der Waals surface area contributed by atoms with Crippen molar-refractivity contribution < 1.29 is 23.0 Å². The van der Waals surface area contributed by atoms with Gasteiger partial charge in [0.2, 0.25) is 17.3 Å². The maximum Gasteiger partial charge on any atom is 0.335 e. The summed E-state index contributed by atoms with van der Waals surface area (Å²) in [6.45, 7) is 1.96. The smallest absolute Gasteiger partial charge is 0.335 e. The minimum absolute atomic E-state index is 0.128. The van der Waals surface area contributed by atoms with Gasteiger partial charge in [0.25, 0.3) is 0 Å². The molecule has 1 aromatic carbocycles. The van der Waals surface area contributed by atoms with Gasteiger partial charge in [-0.2, -0.15) is 8.78 Å². The first-order valence-corrected chi connectivity index (χ1v) is 6.95. The lowest BCUT2D eigenvalue weighted by molar-refractivity contribution is -0.396. The fourth-order valence-corrected chi connectivity index (χ4v) is 2.33. The highest BCUT2D eigenvalue weighted by Gasteiger charge is 2.40. The van der Waals surface area contributed by atoms with Gasteiger partial charge in [-0.25, -0.2) is 4.39 Å². The zero-order valence-corrected chi connectivity index (χ0v) is 12.6. The second kappa shape index (κ2) is 7.75. The first kappa shape index (κ1) is 18.7. The lowest BCUT2D eigenvalue weighted by Gasteiger charge is -2.23. The van der Waals surface area contributed by atoms with Crippen molar-refractivity contribution in [2.75, 3.05) is 18.0 Å². The maximum atomic E-state index is 14.2. The van der Waals surface area contributed by atoms with E-state index in [1.54, 1.807) is 13.8 Å². The third-order valence-electron chi connectivity index (χ3n) is 3.20. The van der Waals surface area contributed by atoms with Gasteiger partial charge in [-0.05, 0) is 12.8 Å². The molecule has 23 heavy (non-hydrogen) atoms. The van der Waals surface area contributed by atoms with Crippen LogP contribution in [0.4, 0.5) is 30.2 Å². The molecule has 0 atom stereocenters. The van der Waals surface area contributed by atoms with Crippen LogP contribution in [0.25, 0.3) is 0 Å². The Bertz CT molecular complexity index is 578. The predicted molar refractivity (Wildman–Crippen MR) is 77.3 cm³/mol. The molecule has 0 amide bonds. The predicted octanol–water partition coefficient (Wildman–Crippen LogP) is 3.88. The summed E-state index contributed by atoms with van der Waals surface area (Å²) in [7, 11) is 0. The molecule has 128 valence electrons. The Morgan fingerprint density at radius 1 is 0.957 bits per heavy atom. The largest absolute Gasteiger partial charge is 0.360 e. The number of anilines is 1. The molecule has 0 bridgehead atoms. The number of hydrogen-bond donors (Lipinski definition) is 0. The molecule has 0 aliphatic carbocycles. The van der Waals surface area contributed by atoms with Crippen LogP contribution >= 0.6 is 0 Å². The van der Waals surface area contributed by atoms with Crippen LogP contribution in [0.5, 0.6) is 0 Å². The number of nitro benzene ring substituents is 2. The van der Waals surface area contributed by atoms with Crippen molar-refractivity contribution in [3.63, 3.8) is 0 Å². The van der Waals surface area contributed by atoms with E-state index in [2.05, 4.69) is 0 Å². The van der Waals surface area contributed by atoms with Crippen molar-refractivity contribution in [3.05, 3.63) is 37.4 Å². The van der Waals surface area contributed by atoms with E-state index in [0.29, 0.717) is 12.8 Å². The van der Waals surface area contributed by atoms with Crippen LogP contribution in [0.15, 0.2) is 0 Å². The highest BCUT2D eigenvalue weighted by atomic mass is 19.1. The van der Waals surface area contributed by atoms with E-state index in [-0.39, 0.29) is 13.1 Å². The normalized spacial score (nSPS) is 10.7. The van der Waals surface area contributed by atoms with Crippen molar-refractivity contribution in [1.82, 2.24) is 0 Å². The molecule has 0 aliphatic heterocycles. The topological polar surface area (TPSA) is 89.5 Å². The quantitative estimate of drug-likeness (QED) is 0.531. The van der Waals surface area contributed by atoms with Gasteiger partial charge in [0.05, 0.1) is 15.4 Å². The van der Waals surface area contributed by atoms with Gasteiger partial charge < -0.3 is 4.90 Å². The molecular formula is C13H16F3N3O4. The van der Waals surface area contributed by atoms with Crippen LogP contribution in [-0.4, -0.2) is 22.9 Å². The molecule has 10 heteroatoms. The summed E-state index contributed by atoms with van der Waals surface area (Å²) < 4.78 is 41.1. The van der Waals surface area contributed by atoms with Crippen molar-refractivity contribution in [3.8, 4) is 0 Å². The molecule has 0 fully saturated rings. The van der Waals surface area contributed by atoms with Gasteiger partial charge in [0, 0.05) is 13.1 Å². The molecule has 7 nitrogen and oxygen atoms in total. The van der Waals surface area contributed by atoms with Gasteiger partial charge >= 0.3 is 11.4 Å². The Morgan fingerprint density at radius 2 is 1.35 bits per heavy atom. The van der Waals surface area contributed by atoms with E-state index in [9.17, 15) is 33.4 Å². The first-order valence-electron chi connectivity index (χ1n) is 6.95. The summed E-state index contributed by atoms with van der Waals surface area (Å²) in [5.74, 6) is -3.43. The Hall–Kier alpha value is -2.39. The van der Waals surface area contributed by atoms with E-state index in [1.807, 2.05) is 0 Å². The minimum atomic E-state index is -1.72. The lowest BCUT2D eigenvalue weighted by Crippen LogP contribution is -2.27. The fraction of sp³-hybridized carbons (Fsp3) is 0.538. The van der Waals surface area contributed by atoms with Crippen LogP contribution < -0.4 is 4.90 Å². The molecule has 0 saturated heterocycles. The Morgan fingerprint density at radius 3 is 1.61 bits per heavy atom. The summed E-state index contributed by atoms with van der Waals surface area (Å²) in [6, 6.07) is 0. The molecule has 0 aromatic heterocycles. The molecule has 1 rings (SSSR count). The van der Waals surface area contributed by atoms with Gasteiger partial charge in [0.1, 0.15) is 6.67 Å². The van der Waals surface area contributed by atoms with E-state index in [1.165, 1.54) is 4.90 Å². The highest BCUT2D eigenvalue weighted by Crippen LogP contribution is 2.44. The Balaban J connectivity index is 3.88. The number of nitrogens with zero attached hydrogens (tertiary/aromatic N) is 3. The molecule has 1 aromatic rings. The molecule has 0 heterocycles.